The molecule has 1 aromatic rings. The van der Waals surface area contributed by atoms with Crippen molar-refractivity contribution >= 4 is 22.9 Å². The highest BCUT2D eigenvalue weighted by atomic mass is 16.6. The van der Waals surface area contributed by atoms with Crippen molar-refractivity contribution in [3.05, 3.63) is 40.0 Å². The van der Waals surface area contributed by atoms with Crippen molar-refractivity contribution < 1.29 is 19.9 Å². The number of anilines is 1. The molecule has 0 aliphatic heterocycles. The Labute approximate surface area is 154 Å². The van der Waals surface area contributed by atoms with Crippen LogP contribution in [0.5, 0.6) is 0 Å². The number of hydrogen-bond donors (Lipinski definition) is 2. The molecule has 0 spiro atoms. The first kappa shape index (κ1) is 21.6. The zero-order valence-electron chi connectivity index (χ0n) is 16.0. The van der Waals surface area contributed by atoms with Gasteiger partial charge in [-0.2, -0.15) is 0 Å². The highest BCUT2D eigenvalue weighted by Crippen LogP contribution is 2.33. The van der Waals surface area contributed by atoms with Crippen molar-refractivity contribution in [1.82, 2.24) is 0 Å². The van der Waals surface area contributed by atoms with E-state index in [2.05, 4.69) is 0 Å². The van der Waals surface area contributed by atoms with Gasteiger partial charge in [-0.15, -0.1) is 0 Å². The summed E-state index contributed by atoms with van der Waals surface area (Å²) in [6.45, 7) is 9.92. The second-order valence-corrected chi connectivity index (χ2v) is 7.41. The van der Waals surface area contributed by atoms with Crippen LogP contribution in [-0.2, 0) is 4.79 Å². The van der Waals surface area contributed by atoms with Crippen molar-refractivity contribution in [1.29, 1.82) is 0 Å². The van der Waals surface area contributed by atoms with Crippen LogP contribution in [0.4, 0.5) is 11.4 Å². The summed E-state index contributed by atoms with van der Waals surface area (Å²) in [5.41, 5.74) is 0.333. The van der Waals surface area contributed by atoms with Gasteiger partial charge in [-0.05, 0) is 43.4 Å². The highest BCUT2D eigenvalue weighted by Gasteiger charge is 2.26. The summed E-state index contributed by atoms with van der Waals surface area (Å²) in [4.78, 5) is 23.9. The SMILES string of the molecule is CCC(=CC(=O)O)c1ccc(N(CC(C)C)CC(C)(C)O)c([N+](=O)[O-])c1. The van der Waals surface area contributed by atoms with Gasteiger partial charge < -0.3 is 15.1 Å². The first-order valence-corrected chi connectivity index (χ1v) is 8.64. The van der Waals surface area contributed by atoms with E-state index >= 15 is 0 Å². The summed E-state index contributed by atoms with van der Waals surface area (Å²) in [5, 5.41) is 30.8. The van der Waals surface area contributed by atoms with Gasteiger partial charge in [-0.25, -0.2) is 4.79 Å². The molecule has 144 valence electrons. The van der Waals surface area contributed by atoms with Crippen LogP contribution in [0.25, 0.3) is 5.57 Å². The third-order valence-electron chi connectivity index (χ3n) is 3.73. The molecule has 0 aromatic heterocycles. The normalized spacial score (nSPS) is 12.3. The topological polar surface area (TPSA) is 104 Å². The molecular formula is C19H28N2O5. The number of carboxylic acid groups (broad SMARTS) is 1. The van der Waals surface area contributed by atoms with Crippen LogP contribution in [-0.4, -0.2) is 39.8 Å². The van der Waals surface area contributed by atoms with Crippen LogP contribution < -0.4 is 4.90 Å². The number of carbonyl (C=O) groups is 1. The van der Waals surface area contributed by atoms with E-state index in [1.165, 1.54) is 6.07 Å². The third kappa shape index (κ3) is 6.48. The number of allylic oxidation sites excluding steroid dienone is 1. The molecule has 0 saturated heterocycles. The summed E-state index contributed by atoms with van der Waals surface area (Å²) in [7, 11) is 0. The molecule has 0 bridgehead atoms. The molecule has 26 heavy (non-hydrogen) atoms. The molecule has 0 heterocycles. The van der Waals surface area contributed by atoms with Crippen LogP contribution in [0, 0.1) is 16.0 Å². The first-order valence-electron chi connectivity index (χ1n) is 8.64. The van der Waals surface area contributed by atoms with E-state index in [9.17, 15) is 20.0 Å². The molecule has 1 rings (SSSR count). The molecule has 0 radical (unpaired) electrons. The zero-order chi connectivity index (χ0) is 20.1. The van der Waals surface area contributed by atoms with Crippen molar-refractivity contribution in [3.8, 4) is 0 Å². The predicted octanol–water partition coefficient (Wildman–Crippen LogP) is 3.71. The summed E-state index contributed by atoms with van der Waals surface area (Å²) in [6, 6.07) is 4.73. The lowest BCUT2D eigenvalue weighted by atomic mass is 10.0. The Balaban J connectivity index is 3.45. The van der Waals surface area contributed by atoms with E-state index in [1.807, 2.05) is 13.8 Å². The van der Waals surface area contributed by atoms with Crippen LogP contribution >= 0.6 is 0 Å². The van der Waals surface area contributed by atoms with Crippen LogP contribution in [0.2, 0.25) is 0 Å². The van der Waals surface area contributed by atoms with Gasteiger partial charge in [0, 0.05) is 25.2 Å². The minimum absolute atomic E-state index is 0.0999. The van der Waals surface area contributed by atoms with Crippen molar-refractivity contribution in [2.45, 2.75) is 46.6 Å². The van der Waals surface area contributed by atoms with Crippen molar-refractivity contribution in [3.63, 3.8) is 0 Å². The van der Waals surface area contributed by atoms with Gasteiger partial charge in [0.25, 0.3) is 5.69 Å². The Kier molecular flexibility index (Phi) is 7.32. The maximum Gasteiger partial charge on any atom is 0.328 e. The molecule has 0 fully saturated rings. The average Bonchev–Trinajstić information content (AvgIpc) is 2.49. The van der Waals surface area contributed by atoms with Crippen LogP contribution in [0.15, 0.2) is 24.3 Å². The monoisotopic (exact) mass is 364 g/mol. The Morgan fingerprint density at radius 3 is 2.42 bits per heavy atom. The number of nitrogens with zero attached hydrogens (tertiary/aromatic N) is 2. The lowest BCUT2D eigenvalue weighted by Crippen LogP contribution is -2.40. The fraction of sp³-hybridized carbons (Fsp3) is 0.526. The van der Waals surface area contributed by atoms with E-state index in [0.717, 1.165) is 6.08 Å². The molecule has 7 heteroatoms. The number of nitro benzene ring substituents is 1. The smallest absolute Gasteiger partial charge is 0.328 e. The second kappa shape index (κ2) is 8.80. The number of aliphatic carboxylic acids is 1. The highest BCUT2D eigenvalue weighted by molar-refractivity contribution is 5.90. The van der Waals surface area contributed by atoms with Crippen LogP contribution in [0.1, 0.15) is 46.6 Å². The fourth-order valence-electron chi connectivity index (χ4n) is 2.83. The molecule has 0 aliphatic carbocycles. The molecule has 0 atom stereocenters. The minimum Gasteiger partial charge on any atom is -0.478 e. The van der Waals surface area contributed by atoms with Crippen molar-refractivity contribution in [2.75, 3.05) is 18.0 Å². The molecule has 0 saturated carbocycles. The quantitative estimate of drug-likeness (QED) is 0.393. The van der Waals surface area contributed by atoms with Gasteiger partial charge in [0.2, 0.25) is 0 Å². The lowest BCUT2D eigenvalue weighted by Gasteiger charge is -2.32. The van der Waals surface area contributed by atoms with Gasteiger partial charge in [0.1, 0.15) is 5.69 Å². The minimum atomic E-state index is -1.09. The van der Waals surface area contributed by atoms with Gasteiger partial charge in [-0.1, -0.05) is 26.8 Å². The summed E-state index contributed by atoms with van der Waals surface area (Å²) in [6.07, 6.45) is 1.52. The van der Waals surface area contributed by atoms with E-state index in [0.29, 0.717) is 29.8 Å². The largest absolute Gasteiger partial charge is 0.478 e. The first-order chi connectivity index (χ1) is 11.9. The maximum atomic E-state index is 11.6. The van der Waals surface area contributed by atoms with E-state index < -0.39 is 16.5 Å². The summed E-state index contributed by atoms with van der Waals surface area (Å²) < 4.78 is 0. The number of nitro groups is 1. The molecule has 2 N–H and O–H groups in total. The van der Waals surface area contributed by atoms with Crippen molar-refractivity contribution in [2.24, 2.45) is 5.92 Å². The fourth-order valence-corrected chi connectivity index (χ4v) is 2.83. The molecular weight excluding hydrogens is 336 g/mol. The molecule has 0 aliphatic rings. The number of rotatable bonds is 9. The zero-order valence-corrected chi connectivity index (χ0v) is 16.0. The Hall–Kier alpha value is -2.41. The van der Waals surface area contributed by atoms with Gasteiger partial charge >= 0.3 is 5.97 Å². The summed E-state index contributed by atoms with van der Waals surface area (Å²) in [5.74, 6) is -0.841. The Morgan fingerprint density at radius 2 is 2.00 bits per heavy atom. The van der Waals surface area contributed by atoms with E-state index in [-0.39, 0.29) is 18.2 Å². The average molecular weight is 364 g/mol. The van der Waals surface area contributed by atoms with E-state index in [4.69, 9.17) is 5.11 Å². The number of hydrogen-bond acceptors (Lipinski definition) is 5. The molecule has 1 aromatic carbocycles. The summed E-state index contributed by atoms with van der Waals surface area (Å²) >= 11 is 0. The number of carboxylic acids is 1. The lowest BCUT2D eigenvalue weighted by molar-refractivity contribution is -0.384. The Bertz CT molecular complexity index is 690. The maximum absolute atomic E-state index is 11.6. The Morgan fingerprint density at radius 1 is 1.38 bits per heavy atom. The van der Waals surface area contributed by atoms with Gasteiger partial charge in [0.15, 0.2) is 0 Å². The van der Waals surface area contributed by atoms with E-state index in [1.54, 1.807) is 37.8 Å². The standard InChI is InChI=1S/C19H28N2O5/c1-6-14(10-18(22)23)15-7-8-16(17(9-15)21(25)26)20(11-13(2)3)12-19(4,5)24/h7-10,13,24H,6,11-12H2,1-5H3,(H,22,23). The predicted molar refractivity (Wildman–Crippen MR) is 102 cm³/mol. The molecule has 0 amide bonds. The number of benzene rings is 1. The van der Waals surface area contributed by atoms with Gasteiger partial charge in [-0.3, -0.25) is 10.1 Å². The number of aliphatic hydroxyl groups is 1. The molecule has 0 unspecified atom stereocenters. The second-order valence-electron chi connectivity index (χ2n) is 7.41. The van der Waals surface area contributed by atoms with Crippen LogP contribution in [0.3, 0.4) is 0 Å². The molecule has 7 nitrogen and oxygen atoms in total. The third-order valence-corrected chi connectivity index (χ3v) is 3.73. The van der Waals surface area contributed by atoms with Gasteiger partial charge in [0.05, 0.1) is 10.5 Å².